The maximum absolute atomic E-state index is 12.7. The summed E-state index contributed by atoms with van der Waals surface area (Å²) >= 11 is 0. The zero-order chi connectivity index (χ0) is 23.8. The minimum absolute atomic E-state index is 0.0381. The van der Waals surface area contributed by atoms with Crippen molar-refractivity contribution in [2.24, 2.45) is 5.92 Å². The van der Waals surface area contributed by atoms with E-state index in [0.29, 0.717) is 23.9 Å². The van der Waals surface area contributed by atoms with Gasteiger partial charge in [-0.05, 0) is 33.6 Å². The van der Waals surface area contributed by atoms with Crippen molar-refractivity contribution < 1.29 is 27.8 Å². The van der Waals surface area contributed by atoms with Crippen molar-refractivity contribution in [2.45, 2.75) is 77.4 Å². The van der Waals surface area contributed by atoms with Crippen LogP contribution in [0.4, 0.5) is 25.2 Å². The van der Waals surface area contributed by atoms with E-state index in [0.717, 1.165) is 12.8 Å². The average molecular weight is 466 g/mol. The molecule has 2 saturated heterocycles. The molecule has 10 nitrogen and oxygen atoms in total. The summed E-state index contributed by atoms with van der Waals surface area (Å²) in [5.41, 5.74) is -0.545. The maximum atomic E-state index is 12.7. The van der Waals surface area contributed by atoms with Gasteiger partial charge in [0.15, 0.2) is 5.82 Å². The largest absolute Gasteiger partial charge is 0.473 e. The Hall–Kier alpha value is -3.18. The summed E-state index contributed by atoms with van der Waals surface area (Å²) in [4.78, 5) is 23.2. The molecule has 0 aliphatic carbocycles. The first-order valence-electron chi connectivity index (χ1n) is 10.9. The van der Waals surface area contributed by atoms with Gasteiger partial charge in [-0.1, -0.05) is 6.92 Å². The van der Waals surface area contributed by atoms with Crippen molar-refractivity contribution >= 4 is 17.7 Å². The smallest absolute Gasteiger partial charge is 0.410 e. The molecule has 4 rings (SSSR count). The highest BCUT2D eigenvalue weighted by atomic mass is 19.3. The average Bonchev–Trinajstić information content (AvgIpc) is 3.28. The molecule has 33 heavy (non-hydrogen) atoms. The van der Waals surface area contributed by atoms with Gasteiger partial charge >= 0.3 is 12.7 Å². The number of amides is 1. The predicted octanol–water partition coefficient (Wildman–Crippen LogP) is 4.10. The van der Waals surface area contributed by atoms with Crippen LogP contribution in [0.15, 0.2) is 18.5 Å². The number of aromatic nitrogens is 4. The Labute approximate surface area is 190 Å². The fourth-order valence-electron chi connectivity index (χ4n) is 4.42. The molecule has 2 bridgehead atoms. The molecule has 2 aromatic heterocycles. The van der Waals surface area contributed by atoms with E-state index in [2.05, 4.69) is 37.1 Å². The van der Waals surface area contributed by atoms with Gasteiger partial charge in [-0.15, -0.1) is 5.10 Å². The van der Waals surface area contributed by atoms with E-state index in [1.165, 1.54) is 18.5 Å². The van der Waals surface area contributed by atoms with Crippen molar-refractivity contribution in [3.63, 3.8) is 0 Å². The number of carbonyl (C=O) groups excluding carboxylic acids is 1. The number of hydrogen-bond acceptors (Lipinski definition) is 8. The third-order valence-corrected chi connectivity index (χ3v) is 5.76. The van der Waals surface area contributed by atoms with Crippen LogP contribution in [0.5, 0.6) is 11.8 Å². The molecule has 0 radical (unpaired) electrons. The Morgan fingerprint density at radius 1 is 1.27 bits per heavy atom. The first kappa shape index (κ1) is 23.0. The van der Waals surface area contributed by atoms with Crippen molar-refractivity contribution in [2.75, 3.05) is 5.32 Å². The van der Waals surface area contributed by atoms with Gasteiger partial charge in [-0.3, -0.25) is 10.1 Å². The van der Waals surface area contributed by atoms with Crippen LogP contribution in [-0.2, 0) is 4.74 Å². The second-order valence-electron chi connectivity index (χ2n) is 9.30. The Balaban J connectivity index is 1.40. The van der Waals surface area contributed by atoms with Crippen molar-refractivity contribution in [3.8, 4) is 11.8 Å². The standard InChI is InChI=1S/C21H28F2N6O4/c1-11-13-6-5-12(29(13)20(30)33-21(2,3)4)7-14(11)31-18-10-24-9-16(26-18)25-15-8-17(28-27-15)32-19(22)23/h8-14,19H,5-7H2,1-4H3,(H2,25,26,27,28)/t11-,12-,13+,14?/m0/s1. The van der Waals surface area contributed by atoms with Gasteiger partial charge in [0.1, 0.15) is 17.5 Å². The monoisotopic (exact) mass is 466 g/mol. The molecule has 0 saturated carbocycles. The zero-order valence-electron chi connectivity index (χ0n) is 18.9. The molecular formula is C21H28F2N6O4. The lowest BCUT2D eigenvalue weighted by Crippen LogP contribution is -2.55. The van der Waals surface area contributed by atoms with Crippen LogP contribution < -0.4 is 14.8 Å². The normalized spacial score (nSPS) is 24.6. The second-order valence-corrected chi connectivity index (χ2v) is 9.30. The lowest BCUT2D eigenvalue weighted by molar-refractivity contribution is -0.0529. The number of hydrogen-bond donors (Lipinski definition) is 2. The summed E-state index contributed by atoms with van der Waals surface area (Å²) in [5.74, 6) is 0.825. The van der Waals surface area contributed by atoms with Crippen LogP contribution in [0.3, 0.4) is 0 Å². The third-order valence-electron chi connectivity index (χ3n) is 5.76. The molecule has 2 aliphatic rings. The van der Waals surface area contributed by atoms with Crippen LogP contribution in [0.2, 0.25) is 0 Å². The Bertz CT molecular complexity index is 982. The molecule has 12 heteroatoms. The molecule has 1 unspecified atom stereocenters. The Morgan fingerprint density at radius 3 is 2.79 bits per heavy atom. The maximum Gasteiger partial charge on any atom is 0.410 e. The molecule has 2 aromatic rings. The molecule has 180 valence electrons. The predicted molar refractivity (Wildman–Crippen MR) is 114 cm³/mol. The first-order valence-corrected chi connectivity index (χ1v) is 10.9. The zero-order valence-corrected chi connectivity index (χ0v) is 18.9. The van der Waals surface area contributed by atoms with Gasteiger partial charge in [-0.25, -0.2) is 4.79 Å². The number of alkyl halides is 2. The second kappa shape index (κ2) is 8.99. The van der Waals surface area contributed by atoms with E-state index in [1.807, 2.05) is 25.7 Å². The van der Waals surface area contributed by atoms with Crippen LogP contribution in [-0.4, -0.2) is 61.6 Å². The third kappa shape index (κ3) is 5.42. The lowest BCUT2D eigenvalue weighted by Gasteiger charge is -2.43. The van der Waals surface area contributed by atoms with Crippen LogP contribution in [0, 0.1) is 5.92 Å². The highest BCUT2D eigenvalue weighted by Gasteiger charge is 2.49. The van der Waals surface area contributed by atoms with E-state index in [1.54, 1.807) is 0 Å². The number of anilines is 2. The number of rotatable bonds is 6. The lowest BCUT2D eigenvalue weighted by atomic mass is 9.89. The van der Waals surface area contributed by atoms with E-state index < -0.39 is 12.2 Å². The number of nitrogens with one attached hydrogen (secondary N) is 2. The summed E-state index contributed by atoms with van der Waals surface area (Å²) in [5, 5.41) is 9.07. The quantitative estimate of drug-likeness (QED) is 0.654. The molecule has 0 spiro atoms. The Kier molecular flexibility index (Phi) is 6.26. The van der Waals surface area contributed by atoms with Crippen molar-refractivity contribution in [1.82, 2.24) is 25.1 Å². The fourth-order valence-corrected chi connectivity index (χ4v) is 4.42. The first-order chi connectivity index (χ1) is 15.6. The van der Waals surface area contributed by atoms with E-state index in [4.69, 9.17) is 9.47 Å². The molecule has 2 aliphatic heterocycles. The van der Waals surface area contributed by atoms with E-state index in [-0.39, 0.29) is 36.1 Å². The highest BCUT2D eigenvalue weighted by Crippen LogP contribution is 2.41. The molecular weight excluding hydrogens is 438 g/mol. The Morgan fingerprint density at radius 2 is 2.06 bits per heavy atom. The number of piperidine rings is 1. The van der Waals surface area contributed by atoms with Gasteiger partial charge in [0.25, 0.3) is 0 Å². The van der Waals surface area contributed by atoms with Crippen molar-refractivity contribution in [1.29, 1.82) is 0 Å². The molecule has 2 N–H and O–H groups in total. The van der Waals surface area contributed by atoms with Crippen LogP contribution >= 0.6 is 0 Å². The van der Waals surface area contributed by atoms with Crippen LogP contribution in [0.25, 0.3) is 0 Å². The van der Waals surface area contributed by atoms with Crippen LogP contribution in [0.1, 0.15) is 47.0 Å². The summed E-state index contributed by atoms with van der Waals surface area (Å²) in [6.07, 6.45) is 5.05. The number of H-pyrrole nitrogens is 1. The SMILES string of the molecule is C[C@@H]1C(Oc2cncc(Nc3cc(OC(F)F)n[nH]3)n2)C[C@@H]2CC[C@H]1N2C(=O)OC(C)(C)C. The molecule has 2 fully saturated rings. The minimum Gasteiger partial charge on any atom is -0.473 e. The molecule has 1 amide bonds. The topological polar surface area (TPSA) is 114 Å². The van der Waals surface area contributed by atoms with Gasteiger partial charge in [0, 0.05) is 30.5 Å². The number of ether oxygens (including phenoxy) is 3. The summed E-state index contributed by atoms with van der Waals surface area (Å²) in [6, 6.07) is 1.38. The van der Waals surface area contributed by atoms with Crippen molar-refractivity contribution in [3.05, 3.63) is 18.5 Å². The van der Waals surface area contributed by atoms with E-state index in [9.17, 15) is 13.6 Å². The van der Waals surface area contributed by atoms with Gasteiger partial charge in [-0.2, -0.15) is 13.8 Å². The number of fused-ring (bicyclic) bond motifs is 2. The summed E-state index contributed by atoms with van der Waals surface area (Å²) in [7, 11) is 0. The summed E-state index contributed by atoms with van der Waals surface area (Å²) in [6.45, 7) is 4.70. The number of carbonyl (C=O) groups is 1. The number of halogens is 2. The highest BCUT2D eigenvalue weighted by molar-refractivity contribution is 5.69. The van der Waals surface area contributed by atoms with Gasteiger partial charge < -0.3 is 24.4 Å². The molecule has 4 heterocycles. The fraction of sp³-hybridized carbons (Fsp3) is 0.619. The summed E-state index contributed by atoms with van der Waals surface area (Å²) < 4.78 is 40.6. The van der Waals surface area contributed by atoms with Gasteiger partial charge in [0.05, 0.1) is 12.4 Å². The number of aromatic amines is 1. The molecule has 4 atom stereocenters. The van der Waals surface area contributed by atoms with Gasteiger partial charge in [0.2, 0.25) is 11.8 Å². The number of nitrogens with zero attached hydrogens (tertiary/aromatic N) is 4. The van der Waals surface area contributed by atoms with E-state index >= 15 is 0 Å². The minimum atomic E-state index is -2.96. The molecule has 0 aromatic carbocycles.